The highest BCUT2D eigenvalue weighted by molar-refractivity contribution is 5.96. The minimum atomic E-state index is -0.377. The highest BCUT2D eigenvalue weighted by atomic mass is 16.5. The van der Waals surface area contributed by atoms with Crippen molar-refractivity contribution >= 4 is 11.8 Å². The predicted molar refractivity (Wildman–Crippen MR) is 95.6 cm³/mol. The van der Waals surface area contributed by atoms with Gasteiger partial charge in [-0.05, 0) is 43.4 Å². The van der Waals surface area contributed by atoms with Crippen molar-refractivity contribution in [3.05, 3.63) is 23.8 Å². The van der Waals surface area contributed by atoms with E-state index in [1.165, 1.54) is 20.0 Å². The van der Waals surface area contributed by atoms with E-state index in [1.807, 2.05) is 0 Å². The van der Waals surface area contributed by atoms with E-state index in [4.69, 9.17) is 9.47 Å². The fraction of sp³-hybridized carbons (Fsp3) is 0.579. The van der Waals surface area contributed by atoms with Crippen LogP contribution in [-0.2, 0) is 4.79 Å². The van der Waals surface area contributed by atoms with Gasteiger partial charge in [-0.3, -0.25) is 20.4 Å². The highest BCUT2D eigenvalue weighted by Gasteiger charge is 2.19. The van der Waals surface area contributed by atoms with Crippen molar-refractivity contribution in [2.45, 2.75) is 51.9 Å². The van der Waals surface area contributed by atoms with Crippen LogP contribution in [0.4, 0.5) is 0 Å². The summed E-state index contributed by atoms with van der Waals surface area (Å²) in [4.78, 5) is 24.1. The topological polar surface area (TPSA) is 76.7 Å². The molecule has 0 unspecified atom stereocenters. The molecular formula is C19H28N2O4. The van der Waals surface area contributed by atoms with Crippen molar-refractivity contribution in [3.63, 3.8) is 0 Å². The van der Waals surface area contributed by atoms with Crippen LogP contribution in [0.25, 0.3) is 0 Å². The van der Waals surface area contributed by atoms with Gasteiger partial charge in [-0.25, -0.2) is 0 Å². The molecular weight excluding hydrogens is 320 g/mol. The molecule has 2 amide bonds. The van der Waals surface area contributed by atoms with E-state index in [-0.39, 0.29) is 11.8 Å². The fourth-order valence-corrected chi connectivity index (χ4v) is 2.98. The van der Waals surface area contributed by atoms with Crippen LogP contribution in [0, 0.1) is 5.92 Å². The molecule has 0 saturated heterocycles. The van der Waals surface area contributed by atoms with E-state index in [0.717, 1.165) is 25.7 Å². The number of carbonyl (C=O) groups is 2. The molecule has 1 aromatic carbocycles. The summed E-state index contributed by atoms with van der Waals surface area (Å²) in [5, 5.41) is 0. The molecule has 0 aliphatic heterocycles. The number of ether oxygens (including phenoxy) is 2. The normalized spacial score (nSPS) is 14.2. The second-order valence-electron chi connectivity index (χ2n) is 6.42. The number of amides is 2. The molecule has 6 nitrogen and oxygen atoms in total. The van der Waals surface area contributed by atoms with E-state index in [9.17, 15) is 9.59 Å². The van der Waals surface area contributed by atoms with Crippen LogP contribution in [0.1, 0.15) is 62.2 Å². The Hall–Kier alpha value is -2.24. The minimum Gasteiger partial charge on any atom is -0.493 e. The van der Waals surface area contributed by atoms with Gasteiger partial charge in [-0.1, -0.05) is 26.2 Å². The summed E-state index contributed by atoms with van der Waals surface area (Å²) >= 11 is 0. The lowest BCUT2D eigenvalue weighted by Gasteiger charge is -2.13. The number of hydrogen-bond donors (Lipinski definition) is 2. The third-order valence-corrected chi connectivity index (χ3v) is 4.45. The average Bonchev–Trinajstić information content (AvgIpc) is 3.13. The maximum absolute atomic E-state index is 12.2. The molecule has 0 bridgehead atoms. The summed E-state index contributed by atoms with van der Waals surface area (Å²) in [6.07, 6.45) is 7.04. The molecule has 0 heterocycles. The van der Waals surface area contributed by atoms with E-state index in [1.54, 1.807) is 18.2 Å². The summed E-state index contributed by atoms with van der Waals surface area (Å²) in [5.74, 6) is 1.03. The number of benzene rings is 1. The van der Waals surface area contributed by atoms with E-state index in [2.05, 4.69) is 17.8 Å². The van der Waals surface area contributed by atoms with Crippen molar-refractivity contribution < 1.29 is 19.1 Å². The first-order chi connectivity index (χ1) is 12.1. The molecule has 1 aliphatic carbocycles. The van der Waals surface area contributed by atoms with Crippen LogP contribution in [0.5, 0.6) is 11.5 Å². The number of carbonyl (C=O) groups excluding carboxylic acids is 2. The number of hydrogen-bond acceptors (Lipinski definition) is 4. The van der Waals surface area contributed by atoms with Crippen LogP contribution in [0.2, 0.25) is 0 Å². The third kappa shape index (κ3) is 5.96. The summed E-state index contributed by atoms with van der Waals surface area (Å²) in [6, 6.07) is 4.98. The van der Waals surface area contributed by atoms with E-state index >= 15 is 0 Å². The SMILES string of the molecule is CCCCOc1ccc(C(=O)NNC(=O)CC2CCCC2)cc1OC. The summed E-state index contributed by atoms with van der Waals surface area (Å²) in [6.45, 7) is 2.70. The molecule has 2 N–H and O–H groups in total. The first-order valence-corrected chi connectivity index (χ1v) is 9.04. The lowest BCUT2D eigenvalue weighted by Crippen LogP contribution is -2.42. The van der Waals surface area contributed by atoms with E-state index < -0.39 is 0 Å². The smallest absolute Gasteiger partial charge is 0.269 e. The molecule has 0 aromatic heterocycles. The van der Waals surface area contributed by atoms with Crippen molar-refractivity contribution in [1.82, 2.24) is 10.9 Å². The first-order valence-electron chi connectivity index (χ1n) is 9.04. The van der Waals surface area contributed by atoms with Gasteiger partial charge < -0.3 is 9.47 Å². The maximum Gasteiger partial charge on any atom is 0.269 e. The lowest BCUT2D eigenvalue weighted by molar-refractivity contribution is -0.122. The number of methoxy groups -OCH3 is 1. The summed E-state index contributed by atoms with van der Waals surface area (Å²) < 4.78 is 10.9. The lowest BCUT2D eigenvalue weighted by atomic mass is 10.0. The van der Waals surface area contributed by atoms with Crippen LogP contribution < -0.4 is 20.3 Å². The Bertz CT molecular complexity index is 583. The predicted octanol–water partition coefficient (Wildman–Crippen LogP) is 3.22. The fourth-order valence-electron chi connectivity index (χ4n) is 2.98. The first kappa shape index (κ1) is 19.1. The van der Waals surface area contributed by atoms with Crippen LogP contribution in [0.15, 0.2) is 18.2 Å². The molecule has 1 fully saturated rings. The number of hydrazine groups is 1. The zero-order valence-electron chi connectivity index (χ0n) is 15.1. The molecule has 1 aliphatic rings. The van der Waals surface area contributed by atoms with Gasteiger partial charge in [0.2, 0.25) is 5.91 Å². The second kappa shape index (κ2) is 9.91. The largest absolute Gasteiger partial charge is 0.493 e. The van der Waals surface area contributed by atoms with Gasteiger partial charge in [-0.2, -0.15) is 0 Å². The molecule has 0 radical (unpaired) electrons. The third-order valence-electron chi connectivity index (χ3n) is 4.45. The van der Waals surface area contributed by atoms with Crippen molar-refractivity contribution in [1.29, 1.82) is 0 Å². The molecule has 25 heavy (non-hydrogen) atoms. The molecule has 1 saturated carbocycles. The minimum absolute atomic E-state index is 0.147. The zero-order chi connectivity index (χ0) is 18.1. The van der Waals surface area contributed by atoms with Crippen LogP contribution in [-0.4, -0.2) is 25.5 Å². The quantitative estimate of drug-likeness (QED) is 0.559. The molecule has 2 rings (SSSR count). The molecule has 1 aromatic rings. The van der Waals surface area contributed by atoms with Gasteiger partial charge in [0, 0.05) is 12.0 Å². The van der Waals surface area contributed by atoms with Gasteiger partial charge in [0.25, 0.3) is 5.91 Å². The van der Waals surface area contributed by atoms with Crippen LogP contribution >= 0.6 is 0 Å². The maximum atomic E-state index is 12.2. The Morgan fingerprint density at radius 1 is 1.16 bits per heavy atom. The van der Waals surface area contributed by atoms with Crippen LogP contribution in [0.3, 0.4) is 0 Å². The summed E-state index contributed by atoms with van der Waals surface area (Å²) in [5.41, 5.74) is 5.36. The van der Waals surface area contributed by atoms with Gasteiger partial charge in [0.05, 0.1) is 13.7 Å². The Balaban J connectivity index is 1.86. The van der Waals surface area contributed by atoms with Crippen molar-refractivity contribution in [3.8, 4) is 11.5 Å². The van der Waals surface area contributed by atoms with Crippen molar-refractivity contribution in [2.24, 2.45) is 5.92 Å². The molecule has 0 atom stereocenters. The molecule has 0 spiro atoms. The molecule has 6 heteroatoms. The Labute approximate surface area is 149 Å². The standard InChI is InChI=1S/C19H28N2O4/c1-3-4-11-25-16-10-9-15(13-17(16)24-2)19(23)21-20-18(22)12-14-7-5-6-8-14/h9-10,13-14H,3-8,11-12H2,1-2H3,(H,20,22)(H,21,23). The van der Waals surface area contributed by atoms with Gasteiger partial charge >= 0.3 is 0 Å². The highest BCUT2D eigenvalue weighted by Crippen LogP contribution is 2.28. The summed E-state index contributed by atoms with van der Waals surface area (Å²) in [7, 11) is 1.53. The molecule has 138 valence electrons. The van der Waals surface area contributed by atoms with E-state index in [0.29, 0.717) is 36.0 Å². The number of nitrogens with one attached hydrogen (secondary N) is 2. The second-order valence-corrected chi connectivity index (χ2v) is 6.42. The zero-order valence-corrected chi connectivity index (χ0v) is 15.1. The monoisotopic (exact) mass is 348 g/mol. The Kier molecular flexibility index (Phi) is 7.57. The van der Waals surface area contributed by atoms with Gasteiger partial charge in [0.15, 0.2) is 11.5 Å². The average molecular weight is 348 g/mol. The number of unbranched alkanes of at least 4 members (excludes halogenated alkanes) is 1. The van der Waals surface area contributed by atoms with Gasteiger partial charge in [0.1, 0.15) is 0 Å². The Morgan fingerprint density at radius 2 is 1.92 bits per heavy atom. The van der Waals surface area contributed by atoms with Gasteiger partial charge in [-0.15, -0.1) is 0 Å². The van der Waals surface area contributed by atoms with Crippen molar-refractivity contribution in [2.75, 3.05) is 13.7 Å². The number of rotatable bonds is 8. The Morgan fingerprint density at radius 3 is 2.60 bits per heavy atom.